The number of carbonyl (C=O) groups excluding carboxylic acids is 1. The number of amides is 1. The lowest BCUT2D eigenvalue weighted by Crippen LogP contribution is -2.57. The molecule has 3 unspecified atom stereocenters. The molecule has 5 nitrogen and oxygen atoms in total. The molecular weight excluding hydrogens is 301 g/mol. The molecule has 2 N–H and O–H groups in total. The monoisotopic (exact) mass is 323 g/mol. The third-order valence-corrected chi connectivity index (χ3v) is 4.42. The van der Waals surface area contributed by atoms with E-state index in [1.54, 1.807) is 13.0 Å². The first-order valence-electron chi connectivity index (χ1n) is 7.79. The third-order valence-electron chi connectivity index (χ3n) is 4.42. The molecule has 6 heteroatoms. The number of aliphatic carboxylic acids is 1. The van der Waals surface area contributed by atoms with Gasteiger partial charge in [0.15, 0.2) is 17.7 Å². The summed E-state index contributed by atoms with van der Waals surface area (Å²) in [5, 5.41) is 12.2. The van der Waals surface area contributed by atoms with Crippen molar-refractivity contribution in [2.24, 2.45) is 5.92 Å². The van der Waals surface area contributed by atoms with Crippen LogP contribution in [0.15, 0.2) is 24.3 Å². The zero-order valence-corrected chi connectivity index (χ0v) is 13.3. The first-order valence-corrected chi connectivity index (χ1v) is 7.79. The second kappa shape index (κ2) is 6.98. The van der Waals surface area contributed by atoms with E-state index in [0.29, 0.717) is 12.8 Å². The van der Waals surface area contributed by atoms with Gasteiger partial charge in [0, 0.05) is 0 Å². The van der Waals surface area contributed by atoms with Gasteiger partial charge in [-0.1, -0.05) is 25.0 Å². The van der Waals surface area contributed by atoms with Crippen LogP contribution in [0.3, 0.4) is 0 Å². The molecule has 126 valence electrons. The minimum Gasteiger partial charge on any atom is -0.481 e. The highest BCUT2D eigenvalue weighted by Crippen LogP contribution is 2.34. The standard InChI is InChI=1S/C17H22FNO4/c1-11(23-14-9-4-3-8-13(14)18)15(20)19-17(2)10-6-5-7-12(17)16(21)22/h3-4,8-9,11-12H,5-7,10H2,1-2H3,(H,19,20)(H,21,22). The number of carbonyl (C=O) groups is 2. The van der Waals surface area contributed by atoms with Crippen molar-refractivity contribution in [1.29, 1.82) is 0 Å². The molecule has 0 spiro atoms. The Morgan fingerprint density at radius 3 is 2.74 bits per heavy atom. The van der Waals surface area contributed by atoms with Crippen LogP contribution >= 0.6 is 0 Å². The molecule has 2 rings (SSSR count). The molecule has 1 saturated carbocycles. The van der Waals surface area contributed by atoms with Crippen LogP contribution in [0.5, 0.6) is 5.75 Å². The Morgan fingerprint density at radius 2 is 2.09 bits per heavy atom. The maximum atomic E-state index is 13.6. The number of carboxylic acids is 1. The van der Waals surface area contributed by atoms with Gasteiger partial charge in [0.25, 0.3) is 5.91 Å². The average molecular weight is 323 g/mol. The molecule has 1 aromatic rings. The van der Waals surface area contributed by atoms with Crippen LogP contribution in [0.2, 0.25) is 0 Å². The molecule has 0 heterocycles. The molecule has 1 fully saturated rings. The zero-order chi connectivity index (χ0) is 17.0. The number of halogens is 1. The van der Waals surface area contributed by atoms with E-state index < -0.39 is 35.3 Å². The summed E-state index contributed by atoms with van der Waals surface area (Å²) in [6.07, 6.45) is 1.92. The fourth-order valence-electron chi connectivity index (χ4n) is 3.05. The molecular formula is C17H22FNO4. The second-order valence-electron chi connectivity index (χ2n) is 6.23. The van der Waals surface area contributed by atoms with Gasteiger partial charge in [0.1, 0.15) is 0 Å². The van der Waals surface area contributed by atoms with Crippen molar-refractivity contribution in [3.63, 3.8) is 0 Å². The number of nitrogens with one attached hydrogen (secondary N) is 1. The van der Waals surface area contributed by atoms with Crippen molar-refractivity contribution in [1.82, 2.24) is 5.32 Å². The summed E-state index contributed by atoms with van der Waals surface area (Å²) in [6, 6.07) is 5.85. The molecule has 0 aromatic heterocycles. The maximum absolute atomic E-state index is 13.6. The highest BCUT2D eigenvalue weighted by Gasteiger charge is 2.42. The van der Waals surface area contributed by atoms with Gasteiger partial charge in [-0.05, 0) is 38.8 Å². The number of ether oxygens (including phenoxy) is 1. The van der Waals surface area contributed by atoms with E-state index in [9.17, 15) is 19.1 Å². The Morgan fingerprint density at radius 1 is 1.39 bits per heavy atom. The van der Waals surface area contributed by atoms with Crippen LogP contribution in [0, 0.1) is 11.7 Å². The Bertz CT molecular complexity index is 592. The van der Waals surface area contributed by atoms with Crippen molar-refractivity contribution in [3.8, 4) is 5.75 Å². The highest BCUT2D eigenvalue weighted by molar-refractivity contribution is 5.83. The van der Waals surface area contributed by atoms with Crippen LogP contribution in [-0.4, -0.2) is 28.6 Å². The number of carboxylic acid groups (broad SMARTS) is 1. The van der Waals surface area contributed by atoms with Gasteiger partial charge < -0.3 is 15.2 Å². The summed E-state index contributed by atoms with van der Waals surface area (Å²) < 4.78 is 18.9. The first-order chi connectivity index (χ1) is 10.8. The lowest BCUT2D eigenvalue weighted by Gasteiger charge is -2.40. The molecule has 1 amide bonds. The molecule has 3 atom stereocenters. The number of hydrogen-bond acceptors (Lipinski definition) is 3. The van der Waals surface area contributed by atoms with Gasteiger partial charge in [0.05, 0.1) is 11.5 Å². The van der Waals surface area contributed by atoms with Crippen LogP contribution in [0.25, 0.3) is 0 Å². The van der Waals surface area contributed by atoms with E-state index in [1.165, 1.54) is 25.1 Å². The molecule has 1 aliphatic carbocycles. The largest absolute Gasteiger partial charge is 0.481 e. The minimum atomic E-state index is -0.917. The lowest BCUT2D eigenvalue weighted by molar-refractivity contribution is -0.147. The van der Waals surface area contributed by atoms with Crippen molar-refractivity contribution in [2.45, 2.75) is 51.2 Å². The minimum absolute atomic E-state index is 0.00117. The molecule has 0 bridgehead atoms. The van der Waals surface area contributed by atoms with Crippen LogP contribution < -0.4 is 10.1 Å². The number of para-hydroxylation sites is 1. The van der Waals surface area contributed by atoms with Crippen molar-refractivity contribution < 1.29 is 23.8 Å². The molecule has 23 heavy (non-hydrogen) atoms. The van der Waals surface area contributed by atoms with E-state index in [4.69, 9.17) is 4.74 Å². The summed E-state index contributed by atoms with van der Waals surface area (Å²) in [6.45, 7) is 3.27. The fourth-order valence-corrected chi connectivity index (χ4v) is 3.05. The molecule has 1 aliphatic rings. The Labute approximate surface area is 134 Å². The van der Waals surface area contributed by atoms with E-state index in [1.807, 2.05) is 0 Å². The molecule has 0 radical (unpaired) electrons. The Balaban J connectivity index is 2.05. The lowest BCUT2D eigenvalue weighted by atomic mass is 9.74. The maximum Gasteiger partial charge on any atom is 0.308 e. The Hall–Kier alpha value is -2.11. The van der Waals surface area contributed by atoms with Gasteiger partial charge in [-0.15, -0.1) is 0 Å². The molecule has 1 aromatic carbocycles. The summed E-state index contributed by atoms with van der Waals surface area (Å²) in [5.41, 5.74) is -0.811. The van der Waals surface area contributed by atoms with Gasteiger partial charge in [-0.3, -0.25) is 9.59 Å². The fraction of sp³-hybridized carbons (Fsp3) is 0.529. The van der Waals surface area contributed by atoms with Crippen molar-refractivity contribution >= 4 is 11.9 Å². The number of hydrogen-bond donors (Lipinski definition) is 2. The quantitative estimate of drug-likeness (QED) is 0.873. The first kappa shape index (κ1) is 17.2. The average Bonchev–Trinajstić information content (AvgIpc) is 2.49. The van der Waals surface area contributed by atoms with Gasteiger partial charge >= 0.3 is 5.97 Å². The molecule has 0 saturated heterocycles. The van der Waals surface area contributed by atoms with E-state index in [-0.39, 0.29) is 5.75 Å². The van der Waals surface area contributed by atoms with Crippen molar-refractivity contribution in [2.75, 3.05) is 0 Å². The van der Waals surface area contributed by atoms with E-state index >= 15 is 0 Å². The summed E-state index contributed by atoms with van der Waals surface area (Å²) in [4.78, 5) is 23.8. The van der Waals surface area contributed by atoms with Gasteiger partial charge in [-0.2, -0.15) is 0 Å². The van der Waals surface area contributed by atoms with Gasteiger partial charge in [-0.25, -0.2) is 4.39 Å². The third kappa shape index (κ3) is 4.00. The van der Waals surface area contributed by atoms with E-state index in [0.717, 1.165) is 12.8 Å². The molecule has 0 aliphatic heterocycles. The predicted octanol–water partition coefficient (Wildman–Crippen LogP) is 2.74. The zero-order valence-electron chi connectivity index (χ0n) is 13.3. The summed E-state index contributed by atoms with van der Waals surface area (Å²) >= 11 is 0. The summed E-state index contributed by atoms with van der Waals surface area (Å²) in [7, 11) is 0. The summed E-state index contributed by atoms with van der Waals surface area (Å²) in [5.74, 6) is -2.52. The van der Waals surface area contributed by atoms with Crippen LogP contribution in [-0.2, 0) is 9.59 Å². The SMILES string of the molecule is CC(Oc1ccccc1F)C(=O)NC1(C)CCCCC1C(=O)O. The van der Waals surface area contributed by atoms with Crippen LogP contribution in [0.4, 0.5) is 4.39 Å². The van der Waals surface area contributed by atoms with Gasteiger partial charge in [0.2, 0.25) is 0 Å². The van der Waals surface area contributed by atoms with Crippen LogP contribution in [0.1, 0.15) is 39.5 Å². The highest BCUT2D eigenvalue weighted by atomic mass is 19.1. The number of benzene rings is 1. The normalized spacial score (nSPS) is 25.4. The smallest absolute Gasteiger partial charge is 0.308 e. The number of rotatable bonds is 5. The topological polar surface area (TPSA) is 75.6 Å². The predicted molar refractivity (Wildman–Crippen MR) is 82.6 cm³/mol. The van der Waals surface area contributed by atoms with Crippen molar-refractivity contribution in [3.05, 3.63) is 30.1 Å². The Kier molecular flexibility index (Phi) is 5.23. The second-order valence-corrected chi connectivity index (χ2v) is 6.23. The van der Waals surface area contributed by atoms with E-state index in [2.05, 4.69) is 5.32 Å².